The fraction of sp³-hybridized carbons (Fsp3) is 0.290. The number of hydrogen-bond acceptors (Lipinski definition) is 8. The van der Waals surface area contributed by atoms with Gasteiger partial charge in [-0.15, -0.1) is 0 Å². The molecule has 3 aromatic rings. The summed E-state index contributed by atoms with van der Waals surface area (Å²) in [5.41, 5.74) is 1.79. The molecule has 6 rings (SSSR count). The molecule has 3 aromatic carbocycles. The van der Waals surface area contributed by atoms with Gasteiger partial charge in [0.2, 0.25) is 11.8 Å². The predicted octanol–water partition coefficient (Wildman–Crippen LogP) is 4.43. The number of fused-ring (bicyclic) bond motifs is 1. The van der Waals surface area contributed by atoms with Crippen LogP contribution in [0.25, 0.3) is 0 Å². The molecule has 0 spiro atoms. The number of carbonyl (C=O) groups is 4. The van der Waals surface area contributed by atoms with Crippen LogP contribution in [0.4, 0.5) is 19.3 Å². The highest BCUT2D eigenvalue weighted by Crippen LogP contribution is 2.38. The normalized spacial score (nSPS) is 19.4. The Kier molecular flexibility index (Phi) is 8.11. The molecule has 44 heavy (non-hydrogen) atoms. The molecule has 0 bridgehead atoms. The minimum Gasteiger partial charge on any atom is -0.487 e. The van der Waals surface area contributed by atoms with Gasteiger partial charge >= 0.3 is 6.09 Å². The summed E-state index contributed by atoms with van der Waals surface area (Å²) < 4.78 is 49.2. The van der Waals surface area contributed by atoms with Gasteiger partial charge in [-0.1, -0.05) is 12.1 Å². The topological polar surface area (TPSA) is 132 Å². The van der Waals surface area contributed by atoms with E-state index in [4.69, 9.17) is 18.9 Å². The third kappa shape index (κ3) is 6.18. The summed E-state index contributed by atoms with van der Waals surface area (Å²) in [7, 11) is 0. The highest BCUT2D eigenvalue weighted by Gasteiger charge is 2.41. The van der Waals surface area contributed by atoms with Crippen molar-refractivity contribution in [3.63, 3.8) is 0 Å². The second-order valence-corrected chi connectivity index (χ2v) is 10.5. The van der Waals surface area contributed by atoms with Crippen LogP contribution >= 0.6 is 0 Å². The molecule has 13 heteroatoms. The number of carbonyl (C=O) groups excluding carboxylic acids is 4. The average molecular weight is 608 g/mol. The van der Waals surface area contributed by atoms with Gasteiger partial charge in [0, 0.05) is 36.7 Å². The molecule has 2 saturated heterocycles. The molecule has 1 unspecified atom stereocenters. The zero-order valence-electron chi connectivity index (χ0n) is 23.3. The molecular weight excluding hydrogens is 580 g/mol. The highest BCUT2D eigenvalue weighted by atomic mass is 19.2. The lowest BCUT2D eigenvalue weighted by atomic mass is 10.0. The van der Waals surface area contributed by atoms with Crippen LogP contribution in [0.3, 0.4) is 0 Å². The first kappa shape index (κ1) is 29.1. The minimum absolute atomic E-state index is 0.110. The van der Waals surface area contributed by atoms with Gasteiger partial charge in [-0.2, -0.15) is 0 Å². The van der Waals surface area contributed by atoms with Crippen LogP contribution in [-0.4, -0.2) is 54.1 Å². The molecule has 0 radical (unpaired) electrons. The molecule has 228 valence electrons. The number of imide groups is 1. The maximum Gasteiger partial charge on any atom is 0.411 e. The summed E-state index contributed by atoms with van der Waals surface area (Å²) in [4.78, 5) is 51.8. The van der Waals surface area contributed by atoms with E-state index in [-0.39, 0.29) is 49.5 Å². The summed E-state index contributed by atoms with van der Waals surface area (Å²) >= 11 is 0. The van der Waals surface area contributed by atoms with Crippen LogP contribution < -0.4 is 20.1 Å². The molecule has 2 atom stereocenters. The van der Waals surface area contributed by atoms with Gasteiger partial charge in [-0.05, 0) is 48.4 Å². The van der Waals surface area contributed by atoms with Gasteiger partial charge in [0.1, 0.15) is 36.0 Å². The number of benzene rings is 3. The van der Waals surface area contributed by atoms with Crippen LogP contribution in [0.1, 0.15) is 40.7 Å². The van der Waals surface area contributed by atoms with Gasteiger partial charge < -0.3 is 23.8 Å². The van der Waals surface area contributed by atoms with Crippen molar-refractivity contribution >= 4 is 29.5 Å². The number of hydrogen-bond donors (Lipinski definition) is 2. The van der Waals surface area contributed by atoms with Crippen molar-refractivity contribution in [3.8, 4) is 17.2 Å². The number of rotatable bonds is 8. The van der Waals surface area contributed by atoms with E-state index in [1.165, 1.54) is 23.1 Å². The number of anilines is 1. The summed E-state index contributed by atoms with van der Waals surface area (Å²) in [5, 5.41) is 4.89. The van der Waals surface area contributed by atoms with Gasteiger partial charge in [0.25, 0.3) is 5.91 Å². The standard InChI is InChI=1S/C31H27F2N3O8/c32-23-8-7-21(13-24(23)33)43-20-5-3-19(4-6-20)34-31(40)42-15-18-2-1-17-14-36(25-9-10-26(37)35-29(25)38)30(39)27(17)28(18)44-22-11-12-41-16-22/h1-8,13,22,25H,9-12,14-16H2,(H,34,40)(H,35,37,38)/t22-,25?/m1/s1. The number of nitrogens with one attached hydrogen (secondary N) is 2. The van der Waals surface area contributed by atoms with E-state index in [0.717, 1.165) is 12.1 Å². The van der Waals surface area contributed by atoms with E-state index in [1.54, 1.807) is 24.3 Å². The summed E-state index contributed by atoms with van der Waals surface area (Å²) in [6.45, 7) is 0.806. The molecule has 3 aliphatic rings. The number of nitrogens with zero attached hydrogens (tertiary/aromatic N) is 1. The van der Waals surface area contributed by atoms with Crippen LogP contribution in [0, 0.1) is 11.6 Å². The average Bonchev–Trinajstić information content (AvgIpc) is 3.63. The first-order chi connectivity index (χ1) is 21.2. The molecule has 2 fully saturated rings. The van der Waals surface area contributed by atoms with Crippen LogP contribution in [0.2, 0.25) is 0 Å². The van der Waals surface area contributed by atoms with E-state index in [2.05, 4.69) is 10.6 Å². The first-order valence-corrected chi connectivity index (χ1v) is 14.0. The monoisotopic (exact) mass is 607 g/mol. The molecule has 3 heterocycles. The molecule has 11 nitrogen and oxygen atoms in total. The molecule has 4 amide bonds. The maximum absolute atomic E-state index is 13.6. The Balaban J connectivity index is 1.13. The molecule has 2 N–H and O–H groups in total. The Bertz CT molecular complexity index is 1620. The van der Waals surface area contributed by atoms with Crippen LogP contribution in [0.15, 0.2) is 54.6 Å². The van der Waals surface area contributed by atoms with Crippen molar-refractivity contribution in [2.45, 2.75) is 44.6 Å². The van der Waals surface area contributed by atoms with E-state index in [9.17, 15) is 28.0 Å². The number of ether oxygens (including phenoxy) is 4. The molecule has 3 aliphatic heterocycles. The fourth-order valence-corrected chi connectivity index (χ4v) is 5.26. The Labute approximate surface area is 250 Å². The van der Waals surface area contributed by atoms with Crippen molar-refractivity contribution in [3.05, 3.63) is 82.9 Å². The van der Waals surface area contributed by atoms with E-state index >= 15 is 0 Å². The number of halogens is 2. The summed E-state index contributed by atoms with van der Waals surface area (Å²) in [5.74, 6) is -2.59. The Morgan fingerprint density at radius 2 is 1.80 bits per heavy atom. The fourth-order valence-electron chi connectivity index (χ4n) is 5.26. The zero-order valence-corrected chi connectivity index (χ0v) is 23.3. The summed E-state index contributed by atoms with van der Waals surface area (Å²) in [6, 6.07) is 12.0. The number of amides is 4. The third-order valence-electron chi connectivity index (χ3n) is 7.49. The zero-order chi connectivity index (χ0) is 30.8. The van der Waals surface area contributed by atoms with E-state index in [1.807, 2.05) is 0 Å². The van der Waals surface area contributed by atoms with Crippen molar-refractivity contribution in [2.24, 2.45) is 0 Å². The van der Waals surface area contributed by atoms with Gasteiger partial charge in [0.15, 0.2) is 11.6 Å². The van der Waals surface area contributed by atoms with Gasteiger partial charge in [0.05, 0.1) is 18.8 Å². The highest BCUT2D eigenvalue weighted by molar-refractivity contribution is 6.06. The van der Waals surface area contributed by atoms with Crippen molar-refractivity contribution in [1.82, 2.24) is 10.2 Å². The van der Waals surface area contributed by atoms with E-state index < -0.39 is 35.6 Å². The SMILES string of the molecule is O=C1CCC(N2Cc3ccc(COC(=O)Nc4ccc(Oc5ccc(F)c(F)c5)cc4)c(O[C@@H]4CCOC4)c3C2=O)C(=O)N1. The maximum atomic E-state index is 13.6. The Morgan fingerprint density at radius 1 is 1.00 bits per heavy atom. The van der Waals surface area contributed by atoms with Gasteiger partial charge in [-0.3, -0.25) is 25.0 Å². The summed E-state index contributed by atoms with van der Waals surface area (Å²) in [6.07, 6.45) is -0.0986. The van der Waals surface area contributed by atoms with Crippen LogP contribution in [0.5, 0.6) is 17.2 Å². The lowest BCUT2D eigenvalue weighted by molar-refractivity contribution is -0.136. The van der Waals surface area contributed by atoms with Crippen LogP contribution in [-0.2, 0) is 32.2 Å². The first-order valence-electron chi connectivity index (χ1n) is 14.0. The smallest absolute Gasteiger partial charge is 0.411 e. The Morgan fingerprint density at radius 3 is 2.52 bits per heavy atom. The molecule has 0 aromatic heterocycles. The van der Waals surface area contributed by atoms with Crippen molar-refractivity contribution in [1.29, 1.82) is 0 Å². The molecular formula is C31H27F2N3O8. The lowest BCUT2D eigenvalue weighted by Crippen LogP contribution is -2.52. The largest absolute Gasteiger partial charge is 0.487 e. The van der Waals surface area contributed by atoms with Gasteiger partial charge in [-0.25, -0.2) is 13.6 Å². The molecule has 0 saturated carbocycles. The minimum atomic E-state index is -1.03. The van der Waals surface area contributed by atoms with Crippen molar-refractivity contribution < 1.29 is 46.9 Å². The number of piperidine rings is 1. The third-order valence-corrected chi connectivity index (χ3v) is 7.49. The second-order valence-electron chi connectivity index (χ2n) is 10.5. The van der Waals surface area contributed by atoms with E-state index in [0.29, 0.717) is 47.8 Å². The van der Waals surface area contributed by atoms with Crippen molar-refractivity contribution in [2.75, 3.05) is 18.5 Å². The molecule has 0 aliphatic carbocycles. The second kappa shape index (κ2) is 12.3. The lowest BCUT2D eigenvalue weighted by Gasteiger charge is -2.29. The quantitative estimate of drug-likeness (QED) is 0.360. The predicted molar refractivity (Wildman–Crippen MR) is 149 cm³/mol. The Hall–Kier alpha value is -5.04.